The van der Waals surface area contributed by atoms with Gasteiger partial charge in [-0.3, -0.25) is 0 Å². The highest BCUT2D eigenvalue weighted by atomic mass is 15.2. The molecule has 1 atom stereocenters. The highest BCUT2D eigenvalue weighted by Crippen LogP contribution is 2.21. The fraction of sp³-hybridized carbons (Fsp3) is 0.538. The van der Waals surface area contributed by atoms with E-state index in [4.69, 9.17) is 0 Å². The van der Waals surface area contributed by atoms with Crippen LogP contribution in [0.1, 0.15) is 12.8 Å². The first kappa shape index (κ1) is 9.22. The van der Waals surface area contributed by atoms with Crippen LogP contribution in [-0.2, 0) is 0 Å². The Bertz CT molecular complexity index is 315. The van der Waals surface area contributed by atoms with Crippen molar-refractivity contribution in [1.82, 2.24) is 0 Å². The Morgan fingerprint density at radius 3 is 2.40 bits per heavy atom. The molecule has 1 aromatic carbocycles. The van der Waals surface area contributed by atoms with Crippen molar-refractivity contribution >= 4 is 5.69 Å². The number of fused-ring (bicyclic) bond motifs is 3. The first-order chi connectivity index (χ1) is 7.42. The fourth-order valence-corrected chi connectivity index (χ4v) is 3.05. The zero-order valence-corrected chi connectivity index (χ0v) is 9.08. The summed E-state index contributed by atoms with van der Waals surface area (Å²) in [5.74, 6) is 0.919. The van der Waals surface area contributed by atoms with E-state index in [0.29, 0.717) is 6.04 Å². The third kappa shape index (κ3) is 1.86. The number of hydrogen-bond acceptors (Lipinski definition) is 1. The van der Waals surface area contributed by atoms with Gasteiger partial charge in [0.2, 0.25) is 0 Å². The summed E-state index contributed by atoms with van der Waals surface area (Å²) in [6.07, 6.45) is 2.83. The molecule has 4 rings (SSSR count). The highest BCUT2D eigenvalue weighted by molar-refractivity contribution is 5.43. The average molecular weight is 203 g/mol. The van der Waals surface area contributed by atoms with E-state index in [1.807, 2.05) is 0 Å². The Labute approximate surface area is 91.3 Å². The van der Waals surface area contributed by atoms with Gasteiger partial charge >= 0.3 is 0 Å². The number of benzene rings is 1. The van der Waals surface area contributed by atoms with Gasteiger partial charge in [0.05, 0.1) is 25.7 Å². The van der Waals surface area contributed by atoms with Crippen LogP contribution in [0.2, 0.25) is 0 Å². The smallest absolute Gasteiger partial charge is 0.0978 e. The summed E-state index contributed by atoms with van der Waals surface area (Å²) in [6.45, 7) is 4.12. The van der Waals surface area contributed by atoms with E-state index in [-0.39, 0.29) is 0 Å². The number of piperidine rings is 3. The molecule has 0 saturated carbocycles. The molecular formula is C13H19N2+. The summed E-state index contributed by atoms with van der Waals surface area (Å²) < 4.78 is 0. The van der Waals surface area contributed by atoms with E-state index in [0.717, 1.165) is 5.92 Å². The van der Waals surface area contributed by atoms with Crippen molar-refractivity contribution in [2.45, 2.75) is 18.9 Å². The second-order valence-corrected chi connectivity index (χ2v) is 4.91. The predicted molar refractivity (Wildman–Crippen MR) is 62.1 cm³/mol. The average Bonchev–Trinajstić information content (AvgIpc) is 2.32. The zero-order chi connectivity index (χ0) is 10.1. The van der Waals surface area contributed by atoms with Crippen LogP contribution in [0.3, 0.4) is 0 Å². The topological polar surface area (TPSA) is 16.5 Å². The minimum atomic E-state index is 0.713. The van der Waals surface area contributed by atoms with Crippen LogP contribution >= 0.6 is 0 Å². The molecule has 15 heavy (non-hydrogen) atoms. The second-order valence-electron chi connectivity index (χ2n) is 4.91. The van der Waals surface area contributed by atoms with E-state index in [9.17, 15) is 0 Å². The summed E-state index contributed by atoms with van der Waals surface area (Å²) in [4.78, 5) is 1.80. The van der Waals surface area contributed by atoms with E-state index in [2.05, 4.69) is 35.6 Å². The maximum atomic E-state index is 3.69. The van der Waals surface area contributed by atoms with Gasteiger partial charge in [-0.2, -0.15) is 0 Å². The number of quaternary nitrogens is 1. The summed E-state index contributed by atoms with van der Waals surface area (Å²) in [7, 11) is 0. The molecule has 2 heteroatoms. The Morgan fingerprint density at radius 2 is 1.80 bits per heavy atom. The van der Waals surface area contributed by atoms with Gasteiger partial charge in [0, 0.05) is 18.5 Å². The van der Waals surface area contributed by atoms with Crippen LogP contribution < -0.4 is 10.2 Å². The van der Waals surface area contributed by atoms with Crippen LogP contribution in [0, 0.1) is 5.92 Å². The Morgan fingerprint density at radius 1 is 1.07 bits per heavy atom. The van der Waals surface area contributed by atoms with Gasteiger partial charge in [-0.05, 0) is 18.1 Å². The largest absolute Gasteiger partial charge is 0.377 e. The SMILES string of the molecule is c1ccc(N[C@@H]2C[NH+]3CCC2CC3)cc1. The van der Waals surface area contributed by atoms with E-state index in [1.165, 1.54) is 38.2 Å². The molecule has 0 aromatic heterocycles. The lowest BCUT2D eigenvalue weighted by Crippen LogP contribution is -3.16. The normalized spacial score (nSPS) is 34.0. The predicted octanol–water partition coefficient (Wildman–Crippen LogP) is 0.776. The van der Waals surface area contributed by atoms with Crippen molar-refractivity contribution in [2.24, 2.45) is 5.92 Å². The Balaban J connectivity index is 1.69. The summed E-state index contributed by atoms with van der Waals surface area (Å²) >= 11 is 0. The molecule has 0 amide bonds. The summed E-state index contributed by atoms with van der Waals surface area (Å²) in [6, 6.07) is 11.4. The quantitative estimate of drug-likeness (QED) is 0.726. The molecule has 3 aliphatic rings. The molecule has 3 heterocycles. The molecule has 2 bridgehead atoms. The lowest BCUT2D eigenvalue weighted by molar-refractivity contribution is -0.916. The molecule has 0 unspecified atom stereocenters. The minimum Gasteiger partial charge on any atom is -0.377 e. The standard InChI is InChI=1S/C13H18N2/c1-2-4-12(5-3-1)14-13-10-15-8-6-11(13)7-9-15/h1-5,11,13-14H,6-10H2/p+1/t13-/m1/s1. The molecule has 3 saturated heterocycles. The molecule has 80 valence electrons. The third-order valence-corrected chi connectivity index (χ3v) is 3.94. The molecule has 0 spiro atoms. The van der Waals surface area contributed by atoms with Crippen molar-refractivity contribution in [2.75, 3.05) is 25.0 Å². The van der Waals surface area contributed by atoms with Crippen LogP contribution in [0.25, 0.3) is 0 Å². The first-order valence-electron chi connectivity index (χ1n) is 6.07. The van der Waals surface area contributed by atoms with Crippen LogP contribution in [0.5, 0.6) is 0 Å². The first-order valence-corrected chi connectivity index (χ1v) is 6.07. The molecule has 0 aliphatic carbocycles. The Hall–Kier alpha value is -1.02. The van der Waals surface area contributed by atoms with Gasteiger partial charge in [-0.15, -0.1) is 0 Å². The van der Waals surface area contributed by atoms with Crippen molar-refractivity contribution in [3.63, 3.8) is 0 Å². The highest BCUT2D eigenvalue weighted by Gasteiger charge is 2.37. The monoisotopic (exact) mass is 203 g/mol. The maximum Gasteiger partial charge on any atom is 0.0978 e. The number of hydrogen-bond donors (Lipinski definition) is 2. The molecule has 2 N–H and O–H groups in total. The van der Waals surface area contributed by atoms with Crippen LogP contribution in [-0.4, -0.2) is 25.7 Å². The van der Waals surface area contributed by atoms with Gasteiger partial charge < -0.3 is 10.2 Å². The fourth-order valence-electron chi connectivity index (χ4n) is 3.05. The molecule has 0 radical (unpaired) electrons. The summed E-state index contributed by atoms with van der Waals surface area (Å²) in [5.41, 5.74) is 1.29. The molecule has 3 fully saturated rings. The number of anilines is 1. The van der Waals surface area contributed by atoms with Gasteiger partial charge in [-0.1, -0.05) is 18.2 Å². The van der Waals surface area contributed by atoms with Crippen LogP contribution in [0.4, 0.5) is 5.69 Å². The van der Waals surface area contributed by atoms with Crippen molar-refractivity contribution in [1.29, 1.82) is 0 Å². The number of rotatable bonds is 2. The van der Waals surface area contributed by atoms with Gasteiger partial charge in [0.25, 0.3) is 0 Å². The van der Waals surface area contributed by atoms with Gasteiger partial charge in [0.1, 0.15) is 0 Å². The van der Waals surface area contributed by atoms with E-state index in [1.54, 1.807) is 4.90 Å². The lowest BCUT2D eigenvalue weighted by Gasteiger charge is -2.42. The molecule has 3 aliphatic heterocycles. The van der Waals surface area contributed by atoms with E-state index < -0.39 is 0 Å². The zero-order valence-electron chi connectivity index (χ0n) is 9.08. The third-order valence-electron chi connectivity index (χ3n) is 3.94. The molecule has 2 nitrogen and oxygen atoms in total. The summed E-state index contributed by atoms with van der Waals surface area (Å²) in [5, 5.41) is 3.69. The number of nitrogens with one attached hydrogen (secondary N) is 2. The van der Waals surface area contributed by atoms with E-state index >= 15 is 0 Å². The van der Waals surface area contributed by atoms with Crippen molar-refractivity contribution < 1.29 is 4.90 Å². The van der Waals surface area contributed by atoms with Crippen molar-refractivity contribution in [3.05, 3.63) is 30.3 Å². The number of para-hydroxylation sites is 1. The minimum absolute atomic E-state index is 0.713. The lowest BCUT2D eigenvalue weighted by atomic mass is 9.84. The van der Waals surface area contributed by atoms with Gasteiger partial charge in [-0.25, -0.2) is 0 Å². The Kier molecular flexibility index (Phi) is 2.37. The van der Waals surface area contributed by atoms with Crippen LogP contribution in [0.15, 0.2) is 30.3 Å². The van der Waals surface area contributed by atoms with Gasteiger partial charge in [0.15, 0.2) is 0 Å². The molecular weight excluding hydrogens is 184 g/mol. The second kappa shape index (κ2) is 3.86. The maximum absolute atomic E-state index is 3.69. The molecule has 1 aromatic rings. The van der Waals surface area contributed by atoms with Crippen molar-refractivity contribution in [3.8, 4) is 0 Å².